The van der Waals surface area contributed by atoms with Crippen LogP contribution in [-0.4, -0.2) is 47.8 Å². The van der Waals surface area contributed by atoms with Crippen molar-refractivity contribution in [3.05, 3.63) is 11.7 Å². The molecule has 6 nitrogen and oxygen atoms in total. The van der Waals surface area contributed by atoms with Gasteiger partial charge in [-0.15, -0.1) is 0 Å². The van der Waals surface area contributed by atoms with Crippen molar-refractivity contribution in [3.63, 3.8) is 0 Å². The second kappa shape index (κ2) is 6.65. The van der Waals surface area contributed by atoms with Crippen molar-refractivity contribution in [1.82, 2.24) is 20.4 Å². The first-order valence-corrected chi connectivity index (χ1v) is 7.72. The molecule has 0 spiro atoms. The van der Waals surface area contributed by atoms with Gasteiger partial charge in [0, 0.05) is 13.1 Å². The average Bonchev–Trinajstić information content (AvgIpc) is 3.16. The first kappa shape index (κ1) is 14.0. The van der Waals surface area contributed by atoms with Crippen LogP contribution >= 0.6 is 0 Å². The molecule has 0 aromatic carbocycles. The SMILES string of the molecule is CCCN1CCOC(c2noc(CNCC3CC3)n2)C1. The number of aromatic nitrogens is 2. The van der Waals surface area contributed by atoms with Crippen LogP contribution in [0.25, 0.3) is 0 Å². The fourth-order valence-electron chi connectivity index (χ4n) is 2.55. The fourth-order valence-corrected chi connectivity index (χ4v) is 2.55. The third kappa shape index (κ3) is 3.77. The molecule has 3 rings (SSSR count). The maximum atomic E-state index is 5.76. The Hall–Kier alpha value is -0.980. The molecule has 0 amide bonds. The van der Waals surface area contributed by atoms with Crippen LogP contribution in [0.3, 0.4) is 0 Å². The van der Waals surface area contributed by atoms with E-state index >= 15 is 0 Å². The van der Waals surface area contributed by atoms with E-state index in [2.05, 4.69) is 27.3 Å². The minimum atomic E-state index is -0.0452. The molecule has 1 aromatic heterocycles. The van der Waals surface area contributed by atoms with Gasteiger partial charge in [-0.25, -0.2) is 0 Å². The van der Waals surface area contributed by atoms with E-state index in [4.69, 9.17) is 9.26 Å². The second-order valence-corrected chi connectivity index (χ2v) is 5.78. The summed E-state index contributed by atoms with van der Waals surface area (Å²) in [4.78, 5) is 6.85. The molecular formula is C14H24N4O2. The van der Waals surface area contributed by atoms with Gasteiger partial charge in [-0.3, -0.25) is 4.90 Å². The lowest BCUT2D eigenvalue weighted by Gasteiger charge is -2.30. The summed E-state index contributed by atoms with van der Waals surface area (Å²) < 4.78 is 11.1. The van der Waals surface area contributed by atoms with E-state index in [9.17, 15) is 0 Å². The zero-order valence-corrected chi connectivity index (χ0v) is 12.2. The highest BCUT2D eigenvalue weighted by Gasteiger charge is 2.26. The molecular weight excluding hydrogens is 256 g/mol. The zero-order valence-electron chi connectivity index (χ0n) is 12.2. The van der Waals surface area contributed by atoms with Gasteiger partial charge in [-0.1, -0.05) is 12.1 Å². The number of ether oxygens (including phenoxy) is 1. The van der Waals surface area contributed by atoms with Crippen molar-refractivity contribution in [2.24, 2.45) is 5.92 Å². The van der Waals surface area contributed by atoms with E-state index in [-0.39, 0.29) is 6.10 Å². The van der Waals surface area contributed by atoms with Gasteiger partial charge < -0.3 is 14.6 Å². The first-order chi connectivity index (χ1) is 9.85. The maximum Gasteiger partial charge on any atom is 0.240 e. The molecule has 2 aliphatic rings. The van der Waals surface area contributed by atoms with Crippen LogP contribution in [0.5, 0.6) is 0 Å². The fraction of sp³-hybridized carbons (Fsp3) is 0.857. The molecule has 1 atom stereocenters. The lowest BCUT2D eigenvalue weighted by atomic mass is 10.2. The minimum absolute atomic E-state index is 0.0452. The Labute approximate surface area is 119 Å². The molecule has 2 heterocycles. The van der Waals surface area contributed by atoms with Gasteiger partial charge >= 0.3 is 0 Å². The summed E-state index contributed by atoms with van der Waals surface area (Å²) >= 11 is 0. The summed E-state index contributed by atoms with van der Waals surface area (Å²) in [5.74, 6) is 2.22. The third-order valence-corrected chi connectivity index (χ3v) is 3.87. The number of nitrogens with one attached hydrogen (secondary N) is 1. The molecule has 1 unspecified atom stereocenters. The molecule has 0 radical (unpaired) electrons. The molecule has 1 saturated carbocycles. The molecule has 20 heavy (non-hydrogen) atoms. The topological polar surface area (TPSA) is 63.4 Å². The zero-order chi connectivity index (χ0) is 13.8. The predicted octanol–water partition coefficient (Wildman–Crippen LogP) is 1.35. The van der Waals surface area contributed by atoms with E-state index in [1.165, 1.54) is 12.8 Å². The van der Waals surface area contributed by atoms with Gasteiger partial charge in [-0.05, 0) is 38.3 Å². The summed E-state index contributed by atoms with van der Waals surface area (Å²) in [6.07, 6.45) is 3.82. The van der Waals surface area contributed by atoms with Crippen LogP contribution < -0.4 is 5.32 Å². The molecule has 112 valence electrons. The second-order valence-electron chi connectivity index (χ2n) is 5.78. The summed E-state index contributed by atoms with van der Waals surface area (Å²) in [7, 11) is 0. The number of hydrogen-bond acceptors (Lipinski definition) is 6. The van der Waals surface area contributed by atoms with Crippen LogP contribution in [0.2, 0.25) is 0 Å². The Morgan fingerprint density at radius 3 is 3.10 bits per heavy atom. The van der Waals surface area contributed by atoms with Crippen molar-refractivity contribution in [3.8, 4) is 0 Å². The van der Waals surface area contributed by atoms with Gasteiger partial charge in [-0.2, -0.15) is 4.98 Å². The Morgan fingerprint density at radius 2 is 2.30 bits per heavy atom. The van der Waals surface area contributed by atoms with Gasteiger partial charge in [0.25, 0.3) is 0 Å². The summed E-state index contributed by atoms with van der Waals surface area (Å²) in [5, 5.41) is 7.43. The quantitative estimate of drug-likeness (QED) is 0.813. The Morgan fingerprint density at radius 1 is 1.40 bits per heavy atom. The monoisotopic (exact) mass is 280 g/mol. The number of nitrogens with zero attached hydrogens (tertiary/aromatic N) is 3. The van der Waals surface area contributed by atoms with Crippen LogP contribution in [0.1, 0.15) is 44.0 Å². The molecule has 6 heteroatoms. The van der Waals surface area contributed by atoms with E-state index in [0.29, 0.717) is 18.3 Å². The Bertz CT molecular complexity index is 417. The van der Waals surface area contributed by atoms with Crippen LogP contribution in [0.4, 0.5) is 0 Å². The van der Waals surface area contributed by atoms with Gasteiger partial charge in [0.05, 0.1) is 13.2 Å². The van der Waals surface area contributed by atoms with Gasteiger partial charge in [0.1, 0.15) is 6.10 Å². The Kier molecular flexibility index (Phi) is 4.65. The van der Waals surface area contributed by atoms with Crippen LogP contribution in [0, 0.1) is 5.92 Å². The van der Waals surface area contributed by atoms with Crippen molar-refractivity contribution >= 4 is 0 Å². The molecule has 1 aliphatic heterocycles. The van der Waals surface area contributed by atoms with Crippen LogP contribution in [0.15, 0.2) is 4.52 Å². The van der Waals surface area contributed by atoms with E-state index < -0.39 is 0 Å². The number of hydrogen-bond donors (Lipinski definition) is 1. The highest BCUT2D eigenvalue weighted by atomic mass is 16.5. The summed E-state index contributed by atoms with van der Waals surface area (Å²) in [6.45, 7) is 7.63. The molecule has 2 fully saturated rings. The largest absolute Gasteiger partial charge is 0.367 e. The molecule has 1 N–H and O–H groups in total. The number of rotatable bonds is 7. The first-order valence-electron chi connectivity index (χ1n) is 7.72. The third-order valence-electron chi connectivity index (χ3n) is 3.87. The smallest absolute Gasteiger partial charge is 0.240 e. The summed E-state index contributed by atoms with van der Waals surface area (Å²) in [6, 6.07) is 0. The van der Waals surface area contributed by atoms with E-state index in [0.717, 1.165) is 45.1 Å². The normalized spacial score (nSPS) is 24.1. The highest BCUT2D eigenvalue weighted by Crippen LogP contribution is 2.27. The standard InChI is InChI=1S/C14H24N4O2/c1-2-5-18-6-7-19-12(10-18)14-16-13(20-17-14)9-15-8-11-3-4-11/h11-12,15H,2-10H2,1H3. The lowest BCUT2D eigenvalue weighted by molar-refractivity contribution is -0.0350. The average molecular weight is 280 g/mol. The van der Waals surface area contributed by atoms with Crippen LogP contribution in [-0.2, 0) is 11.3 Å². The van der Waals surface area contributed by atoms with Gasteiger partial charge in [0.15, 0.2) is 0 Å². The predicted molar refractivity (Wildman–Crippen MR) is 74.2 cm³/mol. The van der Waals surface area contributed by atoms with Crippen molar-refractivity contribution < 1.29 is 9.26 Å². The molecule has 1 saturated heterocycles. The minimum Gasteiger partial charge on any atom is -0.367 e. The van der Waals surface area contributed by atoms with Crippen molar-refractivity contribution in [2.45, 2.75) is 38.8 Å². The van der Waals surface area contributed by atoms with E-state index in [1.807, 2.05) is 0 Å². The van der Waals surface area contributed by atoms with E-state index in [1.54, 1.807) is 0 Å². The maximum absolute atomic E-state index is 5.76. The van der Waals surface area contributed by atoms with Crippen molar-refractivity contribution in [1.29, 1.82) is 0 Å². The molecule has 0 bridgehead atoms. The summed E-state index contributed by atoms with van der Waals surface area (Å²) in [5.41, 5.74) is 0. The number of morpholine rings is 1. The van der Waals surface area contributed by atoms with Gasteiger partial charge in [0.2, 0.25) is 11.7 Å². The highest BCUT2D eigenvalue weighted by molar-refractivity contribution is 4.94. The molecule has 1 aliphatic carbocycles. The Balaban J connectivity index is 1.49. The van der Waals surface area contributed by atoms with Crippen molar-refractivity contribution in [2.75, 3.05) is 32.8 Å². The lowest BCUT2D eigenvalue weighted by Crippen LogP contribution is -2.39. The molecule has 1 aromatic rings.